The third-order valence-electron chi connectivity index (χ3n) is 5.60. The molecular formula is C25H32N2O3S. The monoisotopic (exact) mass is 440 g/mol. The smallest absolute Gasteiger partial charge is 0.306 e. The van der Waals surface area contributed by atoms with Crippen molar-refractivity contribution in [2.75, 3.05) is 25.6 Å². The summed E-state index contributed by atoms with van der Waals surface area (Å²) in [5.74, 6) is 1.37. The molecule has 1 saturated carbocycles. The second kappa shape index (κ2) is 11.7. The van der Waals surface area contributed by atoms with E-state index in [1.807, 2.05) is 31.2 Å². The Bertz CT molecular complexity index is 877. The van der Waals surface area contributed by atoms with Crippen molar-refractivity contribution in [2.24, 2.45) is 5.92 Å². The predicted molar refractivity (Wildman–Crippen MR) is 130 cm³/mol. The molecule has 0 spiro atoms. The van der Waals surface area contributed by atoms with Crippen molar-refractivity contribution in [3.63, 3.8) is 0 Å². The van der Waals surface area contributed by atoms with Crippen LogP contribution in [0.1, 0.15) is 44.6 Å². The summed E-state index contributed by atoms with van der Waals surface area (Å²) in [6.45, 7) is 2.99. The van der Waals surface area contributed by atoms with Gasteiger partial charge in [0.05, 0.1) is 13.2 Å². The SMILES string of the molecule is CCOC(=O)CCc1ccc(OCC2CCCC2)c(-c2ccc(NC(=S)NC)cc2)c1. The van der Waals surface area contributed by atoms with Crippen LogP contribution in [0, 0.1) is 5.92 Å². The van der Waals surface area contributed by atoms with Crippen LogP contribution < -0.4 is 15.4 Å². The number of esters is 1. The summed E-state index contributed by atoms with van der Waals surface area (Å²) >= 11 is 5.18. The highest BCUT2D eigenvalue weighted by molar-refractivity contribution is 7.80. The van der Waals surface area contributed by atoms with Crippen molar-refractivity contribution in [1.29, 1.82) is 0 Å². The number of rotatable bonds is 9. The molecule has 3 rings (SSSR count). The summed E-state index contributed by atoms with van der Waals surface area (Å²) in [4.78, 5) is 11.8. The van der Waals surface area contributed by atoms with Crippen molar-refractivity contribution >= 4 is 29.0 Å². The highest BCUT2D eigenvalue weighted by atomic mass is 32.1. The molecule has 2 N–H and O–H groups in total. The number of benzene rings is 2. The highest BCUT2D eigenvalue weighted by Crippen LogP contribution is 2.34. The number of carbonyl (C=O) groups excluding carboxylic acids is 1. The Hall–Kier alpha value is -2.60. The molecule has 5 nitrogen and oxygen atoms in total. The van der Waals surface area contributed by atoms with Crippen LogP contribution >= 0.6 is 12.2 Å². The summed E-state index contributed by atoms with van der Waals surface area (Å²) in [6, 6.07) is 14.3. The maximum absolute atomic E-state index is 11.8. The lowest BCUT2D eigenvalue weighted by Gasteiger charge is -2.17. The lowest BCUT2D eigenvalue weighted by atomic mass is 9.99. The number of hydrogen-bond acceptors (Lipinski definition) is 4. The fourth-order valence-corrected chi connectivity index (χ4v) is 3.99. The Kier molecular flexibility index (Phi) is 8.71. The second-order valence-electron chi connectivity index (χ2n) is 7.88. The number of aryl methyl sites for hydroxylation is 1. The molecule has 0 radical (unpaired) electrons. The molecule has 31 heavy (non-hydrogen) atoms. The molecule has 2 aromatic rings. The first-order chi connectivity index (χ1) is 15.1. The summed E-state index contributed by atoms with van der Waals surface area (Å²) in [6.07, 6.45) is 6.12. The number of hydrogen-bond donors (Lipinski definition) is 2. The van der Waals surface area contributed by atoms with Gasteiger partial charge in [-0.05, 0) is 79.7 Å². The Morgan fingerprint density at radius 3 is 2.55 bits per heavy atom. The molecule has 1 aliphatic carbocycles. The van der Waals surface area contributed by atoms with E-state index in [0.29, 0.717) is 30.5 Å². The predicted octanol–water partition coefficient (Wildman–Crippen LogP) is 5.33. The van der Waals surface area contributed by atoms with Crippen LogP contribution in [0.2, 0.25) is 0 Å². The van der Waals surface area contributed by atoms with Crippen LogP contribution in [-0.2, 0) is 16.0 Å². The lowest BCUT2D eigenvalue weighted by molar-refractivity contribution is -0.143. The molecule has 1 fully saturated rings. The van der Waals surface area contributed by atoms with Crippen molar-refractivity contribution in [3.8, 4) is 16.9 Å². The zero-order chi connectivity index (χ0) is 22.1. The van der Waals surface area contributed by atoms with Gasteiger partial charge in [-0.25, -0.2) is 0 Å². The standard InChI is InChI=1S/C25H32N2O3S/c1-3-29-24(28)15-9-18-8-14-23(30-17-19-6-4-5-7-19)22(16-18)20-10-12-21(13-11-20)27-25(31)26-2/h8,10-14,16,19H,3-7,9,15,17H2,1-2H3,(H2,26,27,31). The van der Waals surface area contributed by atoms with Gasteiger partial charge in [-0.15, -0.1) is 0 Å². The molecule has 0 aliphatic heterocycles. The number of nitrogens with one attached hydrogen (secondary N) is 2. The van der Waals surface area contributed by atoms with Gasteiger partial charge < -0.3 is 20.1 Å². The van der Waals surface area contributed by atoms with E-state index in [1.165, 1.54) is 25.7 Å². The summed E-state index contributed by atoms with van der Waals surface area (Å²) in [7, 11) is 1.79. The number of ether oxygens (including phenoxy) is 2. The topological polar surface area (TPSA) is 59.6 Å². The fraction of sp³-hybridized carbons (Fsp3) is 0.440. The normalized spacial score (nSPS) is 13.6. The molecule has 0 unspecified atom stereocenters. The molecule has 0 saturated heterocycles. The first kappa shape index (κ1) is 23.1. The first-order valence-corrected chi connectivity index (χ1v) is 11.5. The number of anilines is 1. The zero-order valence-electron chi connectivity index (χ0n) is 18.4. The van der Waals surface area contributed by atoms with Crippen LogP contribution in [0.25, 0.3) is 11.1 Å². The fourth-order valence-electron chi connectivity index (χ4n) is 3.88. The Morgan fingerprint density at radius 1 is 1.13 bits per heavy atom. The first-order valence-electron chi connectivity index (χ1n) is 11.1. The van der Waals surface area contributed by atoms with Gasteiger partial charge in [0, 0.05) is 24.7 Å². The Labute approximate surface area is 190 Å². The molecule has 0 bridgehead atoms. The van der Waals surface area contributed by atoms with E-state index in [4.69, 9.17) is 21.7 Å². The van der Waals surface area contributed by atoms with Crippen LogP contribution in [0.4, 0.5) is 5.69 Å². The van der Waals surface area contributed by atoms with Crippen LogP contribution in [0.15, 0.2) is 42.5 Å². The average Bonchev–Trinajstić information content (AvgIpc) is 3.31. The van der Waals surface area contributed by atoms with Gasteiger partial charge in [-0.2, -0.15) is 0 Å². The minimum Gasteiger partial charge on any atom is -0.493 e. The summed E-state index contributed by atoms with van der Waals surface area (Å²) < 4.78 is 11.3. The van der Waals surface area contributed by atoms with Crippen molar-refractivity contribution in [2.45, 2.75) is 45.4 Å². The van der Waals surface area contributed by atoms with Crippen molar-refractivity contribution in [1.82, 2.24) is 5.32 Å². The van der Waals surface area contributed by atoms with E-state index in [9.17, 15) is 4.79 Å². The molecule has 166 valence electrons. The maximum atomic E-state index is 11.8. The molecule has 0 amide bonds. The highest BCUT2D eigenvalue weighted by Gasteiger charge is 2.17. The van der Waals surface area contributed by atoms with E-state index in [0.717, 1.165) is 34.7 Å². The molecule has 0 aromatic heterocycles. The van der Waals surface area contributed by atoms with Gasteiger partial charge in [0.15, 0.2) is 5.11 Å². The Morgan fingerprint density at radius 2 is 1.87 bits per heavy atom. The van der Waals surface area contributed by atoms with E-state index in [1.54, 1.807) is 7.05 Å². The molecule has 0 atom stereocenters. The molecule has 6 heteroatoms. The number of thiocarbonyl (C=S) groups is 1. The molecule has 2 aromatic carbocycles. The molecule has 1 aliphatic rings. The molecular weight excluding hydrogens is 408 g/mol. The van der Waals surface area contributed by atoms with Crippen molar-refractivity contribution < 1.29 is 14.3 Å². The van der Waals surface area contributed by atoms with E-state index < -0.39 is 0 Å². The van der Waals surface area contributed by atoms with Gasteiger partial charge in [0.2, 0.25) is 0 Å². The van der Waals surface area contributed by atoms with Crippen LogP contribution in [0.5, 0.6) is 5.75 Å². The van der Waals surface area contributed by atoms with Gasteiger partial charge >= 0.3 is 5.97 Å². The minimum absolute atomic E-state index is 0.165. The van der Waals surface area contributed by atoms with E-state index in [-0.39, 0.29) is 5.97 Å². The Balaban J connectivity index is 1.79. The van der Waals surface area contributed by atoms with Gasteiger partial charge in [0.1, 0.15) is 5.75 Å². The quantitative estimate of drug-likeness (QED) is 0.406. The minimum atomic E-state index is -0.165. The van der Waals surface area contributed by atoms with Gasteiger partial charge in [-0.1, -0.05) is 31.0 Å². The average molecular weight is 441 g/mol. The summed E-state index contributed by atoms with van der Waals surface area (Å²) in [5, 5.41) is 6.63. The zero-order valence-corrected chi connectivity index (χ0v) is 19.2. The third-order valence-corrected chi connectivity index (χ3v) is 5.90. The lowest BCUT2D eigenvalue weighted by Crippen LogP contribution is -2.23. The largest absolute Gasteiger partial charge is 0.493 e. The van der Waals surface area contributed by atoms with Gasteiger partial charge in [-0.3, -0.25) is 4.79 Å². The van der Waals surface area contributed by atoms with Crippen LogP contribution in [-0.4, -0.2) is 31.3 Å². The van der Waals surface area contributed by atoms with Crippen LogP contribution in [0.3, 0.4) is 0 Å². The van der Waals surface area contributed by atoms with E-state index in [2.05, 4.69) is 28.8 Å². The number of carbonyl (C=O) groups is 1. The van der Waals surface area contributed by atoms with Gasteiger partial charge in [0.25, 0.3) is 0 Å². The van der Waals surface area contributed by atoms with E-state index >= 15 is 0 Å². The third kappa shape index (κ3) is 6.96. The summed E-state index contributed by atoms with van der Waals surface area (Å²) in [5.41, 5.74) is 4.13. The molecule has 0 heterocycles. The van der Waals surface area contributed by atoms with Crippen molar-refractivity contribution in [3.05, 3.63) is 48.0 Å². The second-order valence-corrected chi connectivity index (χ2v) is 8.29. The maximum Gasteiger partial charge on any atom is 0.306 e.